The molecule has 4 heteroatoms. The molecule has 0 aliphatic heterocycles. The van der Waals surface area contributed by atoms with E-state index in [9.17, 15) is 5.11 Å². The summed E-state index contributed by atoms with van der Waals surface area (Å²) in [6.45, 7) is 2.01. The van der Waals surface area contributed by atoms with Crippen molar-refractivity contribution < 1.29 is 9.84 Å². The number of hydrogen-bond donors (Lipinski definition) is 2. The Labute approximate surface area is 113 Å². The molecular formula is C15H18N2O2. The van der Waals surface area contributed by atoms with Crippen LogP contribution in [0.2, 0.25) is 0 Å². The van der Waals surface area contributed by atoms with Crippen LogP contribution in [0.4, 0.5) is 5.69 Å². The molecule has 0 aliphatic carbocycles. The number of aliphatic hydroxyl groups is 1. The molecule has 1 aromatic heterocycles. The summed E-state index contributed by atoms with van der Waals surface area (Å²) < 4.78 is 5.18. The predicted octanol–water partition coefficient (Wildman–Crippen LogP) is 2.54. The summed E-state index contributed by atoms with van der Waals surface area (Å²) >= 11 is 0. The molecule has 0 fully saturated rings. The SMILES string of the molecule is COc1cccc(NC(CO)c2cnccc2C)c1. The molecule has 4 nitrogen and oxygen atoms in total. The molecule has 1 unspecified atom stereocenters. The molecule has 1 heterocycles. The molecule has 100 valence electrons. The normalized spacial score (nSPS) is 11.9. The van der Waals surface area contributed by atoms with Crippen molar-refractivity contribution in [3.63, 3.8) is 0 Å². The monoisotopic (exact) mass is 258 g/mol. The number of nitrogens with one attached hydrogen (secondary N) is 1. The Hall–Kier alpha value is -2.07. The number of ether oxygens (including phenoxy) is 1. The zero-order valence-corrected chi connectivity index (χ0v) is 11.1. The molecule has 0 spiro atoms. The Bertz CT molecular complexity index is 543. The van der Waals surface area contributed by atoms with Crippen LogP contribution in [0.5, 0.6) is 5.75 Å². The first kappa shape index (κ1) is 13.4. The van der Waals surface area contributed by atoms with Crippen molar-refractivity contribution in [2.45, 2.75) is 13.0 Å². The highest BCUT2D eigenvalue weighted by atomic mass is 16.5. The van der Waals surface area contributed by atoms with E-state index in [4.69, 9.17) is 4.74 Å². The van der Waals surface area contributed by atoms with Crippen LogP contribution in [-0.2, 0) is 0 Å². The van der Waals surface area contributed by atoms with Crippen molar-refractivity contribution in [2.24, 2.45) is 0 Å². The second kappa shape index (κ2) is 6.20. The number of methoxy groups -OCH3 is 1. The number of anilines is 1. The summed E-state index contributed by atoms with van der Waals surface area (Å²) in [4.78, 5) is 4.11. The van der Waals surface area contributed by atoms with Gasteiger partial charge in [0, 0.05) is 24.1 Å². The summed E-state index contributed by atoms with van der Waals surface area (Å²) in [7, 11) is 1.63. The maximum Gasteiger partial charge on any atom is 0.120 e. The Kier molecular flexibility index (Phi) is 4.36. The molecule has 19 heavy (non-hydrogen) atoms. The minimum absolute atomic E-state index is 0.00371. The van der Waals surface area contributed by atoms with E-state index in [0.29, 0.717) is 0 Å². The van der Waals surface area contributed by atoms with Gasteiger partial charge in [0.15, 0.2) is 0 Å². The smallest absolute Gasteiger partial charge is 0.120 e. The topological polar surface area (TPSA) is 54.4 Å². The van der Waals surface area contributed by atoms with Gasteiger partial charge in [-0.25, -0.2) is 0 Å². The third-order valence-corrected chi connectivity index (χ3v) is 3.05. The van der Waals surface area contributed by atoms with E-state index < -0.39 is 0 Å². The van der Waals surface area contributed by atoms with Crippen LogP contribution < -0.4 is 10.1 Å². The zero-order valence-electron chi connectivity index (χ0n) is 11.1. The Morgan fingerprint density at radius 1 is 1.37 bits per heavy atom. The first-order valence-electron chi connectivity index (χ1n) is 6.16. The lowest BCUT2D eigenvalue weighted by Gasteiger charge is -2.19. The average Bonchev–Trinajstić information content (AvgIpc) is 2.46. The fraction of sp³-hybridized carbons (Fsp3) is 0.267. The van der Waals surface area contributed by atoms with Crippen molar-refractivity contribution >= 4 is 5.69 Å². The largest absolute Gasteiger partial charge is 0.497 e. The summed E-state index contributed by atoms with van der Waals surface area (Å²) in [6.07, 6.45) is 3.53. The van der Waals surface area contributed by atoms with Crippen molar-refractivity contribution in [2.75, 3.05) is 19.0 Å². The van der Waals surface area contributed by atoms with E-state index in [1.807, 2.05) is 37.3 Å². The van der Waals surface area contributed by atoms with Crippen LogP contribution in [0.25, 0.3) is 0 Å². The number of aromatic nitrogens is 1. The van der Waals surface area contributed by atoms with Gasteiger partial charge in [-0.3, -0.25) is 4.98 Å². The van der Waals surface area contributed by atoms with Gasteiger partial charge in [0.25, 0.3) is 0 Å². The summed E-state index contributed by atoms with van der Waals surface area (Å²) in [5.41, 5.74) is 3.00. The van der Waals surface area contributed by atoms with Gasteiger partial charge in [0.05, 0.1) is 19.8 Å². The molecule has 0 saturated heterocycles. The number of aliphatic hydroxyl groups excluding tert-OH is 1. The molecule has 0 amide bonds. The third kappa shape index (κ3) is 3.23. The number of hydrogen-bond acceptors (Lipinski definition) is 4. The van der Waals surface area contributed by atoms with Gasteiger partial charge in [-0.15, -0.1) is 0 Å². The van der Waals surface area contributed by atoms with E-state index >= 15 is 0 Å². The second-order valence-electron chi connectivity index (χ2n) is 4.34. The van der Waals surface area contributed by atoms with E-state index in [0.717, 1.165) is 22.6 Å². The Morgan fingerprint density at radius 3 is 2.89 bits per heavy atom. The van der Waals surface area contributed by atoms with Gasteiger partial charge < -0.3 is 15.2 Å². The highest BCUT2D eigenvalue weighted by Gasteiger charge is 2.13. The van der Waals surface area contributed by atoms with Gasteiger partial charge in [-0.1, -0.05) is 6.07 Å². The quantitative estimate of drug-likeness (QED) is 0.865. The predicted molar refractivity (Wildman–Crippen MR) is 75.4 cm³/mol. The van der Waals surface area contributed by atoms with Crippen molar-refractivity contribution in [1.82, 2.24) is 4.98 Å². The lowest BCUT2D eigenvalue weighted by Crippen LogP contribution is -2.16. The van der Waals surface area contributed by atoms with E-state index in [1.54, 1.807) is 19.5 Å². The van der Waals surface area contributed by atoms with Crippen LogP contribution in [0.3, 0.4) is 0 Å². The lowest BCUT2D eigenvalue weighted by molar-refractivity contribution is 0.276. The van der Waals surface area contributed by atoms with Gasteiger partial charge >= 0.3 is 0 Å². The van der Waals surface area contributed by atoms with Crippen molar-refractivity contribution in [3.8, 4) is 5.75 Å². The van der Waals surface area contributed by atoms with Crippen LogP contribution >= 0.6 is 0 Å². The van der Waals surface area contributed by atoms with Crippen molar-refractivity contribution in [3.05, 3.63) is 53.9 Å². The molecule has 2 N–H and O–H groups in total. The third-order valence-electron chi connectivity index (χ3n) is 3.05. The van der Waals surface area contributed by atoms with Crippen LogP contribution in [0.15, 0.2) is 42.7 Å². The Balaban J connectivity index is 2.21. The molecule has 1 atom stereocenters. The minimum Gasteiger partial charge on any atom is -0.497 e. The number of pyridine rings is 1. The molecular weight excluding hydrogens is 240 g/mol. The van der Waals surface area contributed by atoms with Crippen LogP contribution in [0.1, 0.15) is 17.2 Å². The molecule has 1 aromatic carbocycles. The van der Waals surface area contributed by atoms with Gasteiger partial charge in [-0.2, -0.15) is 0 Å². The average molecular weight is 258 g/mol. The zero-order chi connectivity index (χ0) is 13.7. The minimum atomic E-state index is -0.180. The first-order chi connectivity index (χ1) is 9.24. The maximum absolute atomic E-state index is 9.57. The highest BCUT2D eigenvalue weighted by molar-refractivity contribution is 5.50. The number of aryl methyl sites for hydroxylation is 1. The fourth-order valence-electron chi connectivity index (χ4n) is 1.98. The van der Waals surface area contributed by atoms with Gasteiger partial charge in [-0.05, 0) is 36.2 Å². The molecule has 2 rings (SSSR count). The summed E-state index contributed by atoms with van der Waals surface area (Å²) in [5, 5.41) is 12.9. The Morgan fingerprint density at radius 2 is 2.21 bits per heavy atom. The first-order valence-corrected chi connectivity index (χ1v) is 6.16. The fourth-order valence-corrected chi connectivity index (χ4v) is 1.98. The molecule has 0 radical (unpaired) electrons. The van der Waals surface area contributed by atoms with Gasteiger partial charge in [0.1, 0.15) is 5.75 Å². The van der Waals surface area contributed by atoms with Crippen molar-refractivity contribution in [1.29, 1.82) is 0 Å². The van der Waals surface area contributed by atoms with E-state index in [1.165, 1.54) is 0 Å². The summed E-state index contributed by atoms with van der Waals surface area (Å²) in [5.74, 6) is 0.782. The standard InChI is InChI=1S/C15H18N2O2/c1-11-6-7-16-9-14(11)15(10-18)17-12-4-3-5-13(8-12)19-2/h3-9,15,17-18H,10H2,1-2H3. The van der Waals surface area contributed by atoms with E-state index in [-0.39, 0.29) is 12.6 Å². The number of benzene rings is 1. The van der Waals surface area contributed by atoms with Crippen LogP contribution in [-0.4, -0.2) is 23.8 Å². The summed E-state index contributed by atoms with van der Waals surface area (Å²) in [6, 6.07) is 9.39. The molecule has 0 bridgehead atoms. The molecule has 2 aromatic rings. The maximum atomic E-state index is 9.57. The van der Waals surface area contributed by atoms with Gasteiger partial charge in [0.2, 0.25) is 0 Å². The van der Waals surface area contributed by atoms with Crippen LogP contribution in [0, 0.1) is 6.92 Å². The number of nitrogens with zero attached hydrogens (tertiary/aromatic N) is 1. The molecule has 0 aliphatic rings. The second-order valence-corrected chi connectivity index (χ2v) is 4.34. The van der Waals surface area contributed by atoms with E-state index in [2.05, 4.69) is 10.3 Å². The highest BCUT2D eigenvalue weighted by Crippen LogP contribution is 2.23. The number of rotatable bonds is 5. The molecule has 0 saturated carbocycles. The lowest BCUT2D eigenvalue weighted by atomic mass is 10.0.